The second kappa shape index (κ2) is 7.07. The number of H-pyrrole nitrogens is 1. The molecule has 3 rings (SSSR count). The third-order valence-electron chi connectivity index (χ3n) is 4.49. The molecule has 0 amide bonds. The van der Waals surface area contributed by atoms with Gasteiger partial charge in [-0.2, -0.15) is 5.16 Å². The molecule has 3 N–H and O–H groups in total. The van der Waals surface area contributed by atoms with E-state index in [9.17, 15) is 15.0 Å². The number of nitrogens with zero attached hydrogens (tertiary/aromatic N) is 1. The lowest BCUT2D eigenvalue weighted by molar-refractivity contribution is 0.420. The van der Waals surface area contributed by atoms with E-state index in [1.807, 2.05) is 32.9 Å². The fourth-order valence-electron chi connectivity index (χ4n) is 3.03. The van der Waals surface area contributed by atoms with Crippen LogP contribution in [0.15, 0.2) is 45.8 Å². The van der Waals surface area contributed by atoms with Gasteiger partial charge < -0.3 is 14.7 Å². The van der Waals surface area contributed by atoms with Crippen molar-refractivity contribution in [2.24, 2.45) is 0 Å². The zero-order valence-electron chi connectivity index (χ0n) is 15.0. The Morgan fingerprint density at radius 1 is 1.15 bits per heavy atom. The summed E-state index contributed by atoms with van der Waals surface area (Å²) in [5, 5.41) is 23.0. The van der Waals surface area contributed by atoms with Gasteiger partial charge in [-0.05, 0) is 47.6 Å². The molecule has 0 aliphatic rings. The van der Waals surface area contributed by atoms with Crippen LogP contribution in [0.1, 0.15) is 49.4 Å². The molecule has 2 aromatic heterocycles. The van der Waals surface area contributed by atoms with Crippen LogP contribution in [-0.4, -0.2) is 20.4 Å². The lowest BCUT2D eigenvalue weighted by atomic mass is 9.91. The minimum absolute atomic E-state index is 0.0407. The standard InChI is InChI=1S/C20H22N2O4/c1-11(2)19-20(25)14(6-7-21-19)8-12(3)13-4-5-15(16(23)9-13)17-10-18(24)22-26-17/h4-7,9-12,23,25H,8H2,1-3H3,(H,22,24)/t12-/m1/s1. The summed E-state index contributed by atoms with van der Waals surface area (Å²) >= 11 is 0. The molecule has 1 aromatic carbocycles. The van der Waals surface area contributed by atoms with Gasteiger partial charge in [0.2, 0.25) is 0 Å². The second-order valence-corrected chi connectivity index (χ2v) is 6.82. The van der Waals surface area contributed by atoms with Gasteiger partial charge in [0.1, 0.15) is 11.5 Å². The number of aromatic hydroxyl groups is 2. The number of nitrogens with one attached hydrogen (secondary N) is 1. The van der Waals surface area contributed by atoms with Crippen molar-refractivity contribution >= 4 is 0 Å². The quantitative estimate of drug-likeness (QED) is 0.645. The van der Waals surface area contributed by atoms with E-state index in [0.29, 0.717) is 23.4 Å². The highest BCUT2D eigenvalue weighted by molar-refractivity contribution is 5.65. The molecule has 3 aromatic rings. The summed E-state index contributed by atoms with van der Waals surface area (Å²) < 4.78 is 5.04. The minimum Gasteiger partial charge on any atom is -0.507 e. The molecule has 0 fully saturated rings. The molecule has 1 atom stereocenters. The van der Waals surface area contributed by atoms with Crippen LogP contribution in [0, 0.1) is 0 Å². The van der Waals surface area contributed by atoms with Gasteiger partial charge in [0.25, 0.3) is 5.56 Å². The monoisotopic (exact) mass is 354 g/mol. The Morgan fingerprint density at radius 3 is 2.54 bits per heavy atom. The Labute approximate surface area is 151 Å². The Kier molecular flexibility index (Phi) is 4.84. The molecule has 0 aliphatic carbocycles. The molecule has 0 saturated carbocycles. The second-order valence-electron chi connectivity index (χ2n) is 6.82. The van der Waals surface area contributed by atoms with E-state index < -0.39 is 0 Å². The molecular formula is C20H22N2O4. The van der Waals surface area contributed by atoms with Crippen molar-refractivity contribution in [3.63, 3.8) is 0 Å². The number of hydrogen-bond donors (Lipinski definition) is 3. The summed E-state index contributed by atoms with van der Waals surface area (Å²) in [6.45, 7) is 6.01. The normalized spacial score (nSPS) is 12.5. The van der Waals surface area contributed by atoms with Crippen molar-refractivity contribution in [1.82, 2.24) is 10.1 Å². The smallest absolute Gasteiger partial charge is 0.280 e. The van der Waals surface area contributed by atoms with E-state index in [1.54, 1.807) is 18.3 Å². The first-order valence-electron chi connectivity index (χ1n) is 8.55. The Morgan fingerprint density at radius 2 is 1.92 bits per heavy atom. The summed E-state index contributed by atoms with van der Waals surface area (Å²) in [5.74, 6) is 0.786. The fourth-order valence-corrected chi connectivity index (χ4v) is 3.03. The van der Waals surface area contributed by atoms with Gasteiger partial charge in [-0.25, -0.2) is 0 Å². The van der Waals surface area contributed by atoms with Crippen LogP contribution < -0.4 is 5.56 Å². The van der Waals surface area contributed by atoms with Crippen LogP contribution in [0.5, 0.6) is 11.5 Å². The first kappa shape index (κ1) is 17.8. The number of hydrogen-bond acceptors (Lipinski definition) is 5. The van der Waals surface area contributed by atoms with E-state index in [1.165, 1.54) is 6.07 Å². The molecule has 2 heterocycles. The van der Waals surface area contributed by atoms with Crippen molar-refractivity contribution in [1.29, 1.82) is 0 Å². The number of phenolic OH excluding ortho intramolecular Hbond substituents is 1. The van der Waals surface area contributed by atoms with Gasteiger partial charge in [0.05, 0.1) is 17.3 Å². The predicted molar refractivity (Wildman–Crippen MR) is 98.5 cm³/mol. The molecule has 0 bridgehead atoms. The predicted octanol–water partition coefficient (Wildman–Crippen LogP) is 3.91. The molecular weight excluding hydrogens is 332 g/mol. The minimum atomic E-state index is -0.356. The SMILES string of the molecule is CC(C)c1nccc(C[C@@H](C)c2ccc(-c3cc(=O)[nH]o3)c(O)c2)c1O. The van der Waals surface area contributed by atoms with Gasteiger partial charge >= 0.3 is 0 Å². The average Bonchev–Trinajstić information content (AvgIpc) is 3.02. The zero-order chi connectivity index (χ0) is 18.8. The summed E-state index contributed by atoms with van der Waals surface area (Å²) in [5.41, 5.74) is 2.54. The maximum absolute atomic E-state index is 11.2. The van der Waals surface area contributed by atoms with Crippen molar-refractivity contribution in [3.8, 4) is 22.8 Å². The van der Waals surface area contributed by atoms with E-state index in [2.05, 4.69) is 10.1 Å². The number of benzene rings is 1. The summed E-state index contributed by atoms with van der Waals surface area (Å²) in [6, 6.07) is 8.38. The van der Waals surface area contributed by atoms with Gasteiger partial charge in [-0.15, -0.1) is 0 Å². The summed E-state index contributed by atoms with van der Waals surface area (Å²) in [4.78, 5) is 15.5. The fraction of sp³-hybridized carbons (Fsp3) is 0.300. The highest BCUT2D eigenvalue weighted by atomic mass is 16.5. The van der Waals surface area contributed by atoms with Crippen LogP contribution >= 0.6 is 0 Å². The van der Waals surface area contributed by atoms with Crippen LogP contribution in [-0.2, 0) is 6.42 Å². The molecule has 6 heteroatoms. The number of pyridine rings is 1. The molecule has 136 valence electrons. The van der Waals surface area contributed by atoms with Crippen molar-refractivity contribution in [2.45, 2.75) is 39.0 Å². The van der Waals surface area contributed by atoms with E-state index in [4.69, 9.17) is 4.52 Å². The largest absolute Gasteiger partial charge is 0.507 e. The average molecular weight is 354 g/mol. The summed E-state index contributed by atoms with van der Waals surface area (Å²) in [7, 11) is 0. The maximum atomic E-state index is 11.2. The third kappa shape index (κ3) is 3.49. The van der Waals surface area contributed by atoms with E-state index in [0.717, 1.165) is 11.1 Å². The zero-order valence-corrected chi connectivity index (χ0v) is 15.0. The molecule has 0 aliphatic heterocycles. The Balaban J connectivity index is 1.85. The van der Waals surface area contributed by atoms with Crippen molar-refractivity contribution < 1.29 is 14.7 Å². The van der Waals surface area contributed by atoms with Gasteiger partial charge in [0.15, 0.2) is 5.76 Å². The lowest BCUT2D eigenvalue weighted by Gasteiger charge is -2.16. The third-order valence-corrected chi connectivity index (χ3v) is 4.49. The lowest BCUT2D eigenvalue weighted by Crippen LogP contribution is -2.02. The van der Waals surface area contributed by atoms with E-state index in [-0.39, 0.29) is 28.9 Å². The van der Waals surface area contributed by atoms with Crippen LogP contribution in [0.25, 0.3) is 11.3 Å². The van der Waals surface area contributed by atoms with Gasteiger partial charge in [-0.1, -0.05) is 26.8 Å². The Hall–Kier alpha value is -3.02. The molecule has 0 saturated heterocycles. The topological polar surface area (TPSA) is 99.4 Å². The highest BCUT2D eigenvalue weighted by Gasteiger charge is 2.17. The van der Waals surface area contributed by atoms with Crippen LogP contribution in [0.2, 0.25) is 0 Å². The molecule has 0 spiro atoms. The van der Waals surface area contributed by atoms with Gasteiger partial charge in [0, 0.05) is 6.20 Å². The van der Waals surface area contributed by atoms with Crippen molar-refractivity contribution in [2.75, 3.05) is 0 Å². The molecule has 6 nitrogen and oxygen atoms in total. The number of rotatable bonds is 5. The number of aromatic amines is 1. The molecule has 26 heavy (non-hydrogen) atoms. The molecule has 0 unspecified atom stereocenters. The molecule has 0 radical (unpaired) electrons. The van der Waals surface area contributed by atoms with Gasteiger partial charge in [-0.3, -0.25) is 9.78 Å². The maximum Gasteiger partial charge on any atom is 0.280 e. The van der Waals surface area contributed by atoms with E-state index >= 15 is 0 Å². The first-order chi connectivity index (χ1) is 12.4. The van der Waals surface area contributed by atoms with Crippen molar-refractivity contribution in [3.05, 3.63) is 63.7 Å². The van der Waals surface area contributed by atoms with Crippen LogP contribution in [0.4, 0.5) is 0 Å². The number of aromatic nitrogens is 2. The highest BCUT2D eigenvalue weighted by Crippen LogP contribution is 2.34. The Bertz CT molecular complexity index is 972. The number of phenols is 1. The first-order valence-corrected chi connectivity index (χ1v) is 8.55. The van der Waals surface area contributed by atoms with Crippen LogP contribution in [0.3, 0.4) is 0 Å². The summed E-state index contributed by atoms with van der Waals surface area (Å²) in [6.07, 6.45) is 2.33.